The van der Waals surface area contributed by atoms with Gasteiger partial charge in [-0.1, -0.05) is 93.8 Å². The van der Waals surface area contributed by atoms with Gasteiger partial charge in [-0.05, 0) is 18.4 Å². The first-order valence-electron chi connectivity index (χ1n) is 9.92. The zero-order valence-corrected chi connectivity index (χ0v) is 21.9. The molecule has 11 nitrogen and oxygen atoms in total. The Bertz CT molecular complexity index is 1120. The van der Waals surface area contributed by atoms with Gasteiger partial charge in [0.2, 0.25) is 0 Å². The van der Waals surface area contributed by atoms with Crippen LogP contribution in [0.2, 0.25) is 25.1 Å². The Kier molecular flexibility index (Phi) is 11.6. The average molecular weight is 602 g/mol. The predicted octanol–water partition coefficient (Wildman–Crippen LogP) is 5.03. The zero-order chi connectivity index (χ0) is 26.8. The number of guanidine groups is 1. The summed E-state index contributed by atoms with van der Waals surface area (Å²) in [4.78, 5) is 39.4. The molecule has 0 saturated heterocycles. The van der Waals surface area contributed by atoms with Crippen LogP contribution in [0, 0.1) is 10.1 Å². The quantitative estimate of drug-likeness (QED) is 0.0394. The molecule has 0 aliphatic heterocycles. The van der Waals surface area contributed by atoms with Crippen LogP contribution in [-0.2, 0) is 16.1 Å². The third-order valence-electron chi connectivity index (χ3n) is 4.30. The monoisotopic (exact) mass is 599 g/mol. The van der Waals surface area contributed by atoms with Gasteiger partial charge in [0.05, 0.1) is 15.1 Å². The summed E-state index contributed by atoms with van der Waals surface area (Å²) in [7, 11) is 0. The van der Waals surface area contributed by atoms with E-state index in [1.807, 2.05) is 0 Å². The number of hydrazine groups is 1. The molecule has 1 atom stereocenters. The van der Waals surface area contributed by atoms with Crippen molar-refractivity contribution in [2.24, 2.45) is 10.7 Å². The smallest absolute Gasteiger partial charge is 0.408 e. The van der Waals surface area contributed by atoms with Crippen molar-refractivity contribution in [1.29, 1.82) is 0 Å². The number of amides is 1. The summed E-state index contributed by atoms with van der Waals surface area (Å²) in [5.41, 5.74) is 7.76. The van der Waals surface area contributed by atoms with Crippen molar-refractivity contribution in [1.82, 2.24) is 10.7 Å². The number of nitrogens with one attached hydrogen (secondary N) is 2. The van der Waals surface area contributed by atoms with E-state index in [1.54, 1.807) is 35.8 Å². The van der Waals surface area contributed by atoms with Gasteiger partial charge in [-0.3, -0.25) is 0 Å². The maximum absolute atomic E-state index is 12.9. The van der Waals surface area contributed by atoms with Crippen LogP contribution in [0.25, 0.3) is 0 Å². The number of esters is 1. The second-order valence-corrected chi connectivity index (χ2v) is 8.75. The first kappa shape index (κ1) is 29.5. The molecule has 0 heterocycles. The number of nitro groups is 1. The van der Waals surface area contributed by atoms with Crippen LogP contribution in [0.1, 0.15) is 18.4 Å². The maximum Gasteiger partial charge on any atom is 0.408 e. The largest absolute Gasteiger partial charge is 0.445 e. The lowest BCUT2D eigenvalue weighted by Gasteiger charge is -2.19. The molecular formula is C20H18Cl5N5O6. The third kappa shape index (κ3) is 8.75. The fourth-order valence-electron chi connectivity index (χ4n) is 2.63. The van der Waals surface area contributed by atoms with Crippen molar-refractivity contribution in [2.45, 2.75) is 25.5 Å². The van der Waals surface area contributed by atoms with Crippen LogP contribution in [0.4, 0.5) is 4.79 Å². The second-order valence-electron chi connectivity index (χ2n) is 6.86. The second kappa shape index (κ2) is 14.1. The van der Waals surface area contributed by atoms with Gasteiger partial charge >= 0.3 is 12.1 Å². The standard InChI is InChI=1S/C20H18Cl5N5O6/c21-12-13(22)15(24)17(16(25)14(12)23)36-18(31)11(7-4-8-27-19(26)29-30(33)34)28-20(32)35-9-10-5-2-1-3-6-10/h1-3,5-6,11H,4,7-9H2,(H,28,32)(H3,26,27,29). The van der Waals surface area contributed by atoms with Gasteiger partial charge in [0.1, 0.15) is 22.7 Å². The van der Waals surface area contributed by atoms with E-state index in [0.717, 1.165) is 5.56 Å². The van der Waals surface area contributed by atoms with Gasteiger partial charge < -0.3 is 20.5 Å². The first-order valence-corrected chi connectivity index (χ1v) is 11.8. The number of alkyl carbamates (subject to hydrolysis) is 1. The van der Waals surface area contributed by atoms with Crippen molar-refractivity contribution in [3.8, 4) is 5.75 Å². The van der Waals surface area contributed by atoms with Crippen molar-refractivity contribution >= 4 is 76.0 Å². The number of hydrogen-bond donors (Lipinski definition) is 3. The molecule has 0 fully saturated rings. The minimum Gasteiger partial charge on any atom is -0.445 e. The van der Waals surface area contributed by atoms with Crippen LogP contribution in [-0.4, -0.2) is 35.6 Å². The van der Waals surface area contributed by atoms with E-state index in [2.05, 4.69) is 10.3 Å². The number of ether oxygens (including phenoxy) is 2. The molecule has 0 bridgehead atoms. The van der Waals surface area contributed by atoms with E-state index in [1.165, 1.54) is 0 Å². The molecule has 2 rings (SSSR count). The lowest BCUT2D eigenvalue weighted by Crippen LogP contribution is -2.43. The average Bonchev–Trinajstić information content (AvgIpc) is 2.84. The number of benzene rings is 2. The van der Waals surface area contributed by atoms with E-state index in [4.69, 9.17) is 73.2 Å². The molecule has 16 heteroatoms. The Hall–Kier alpha value is -2.70. The minimum absolute atomic E-state index is 0.0166. The van der Waals surface area contributed by atoms with E-state index in [0.29, 0.717) is 0 Å². The van der Waals surface area contributed by atoms with Gasteiger partial charge in [-0.15, -0.1) is 0 Å². The highest BCUT2D eigenvalue weighted by atomic mass is 35.5. The number of halogens is 5. The number of aliphatic imine (C=N–C) groups is 1. The summed E-state index contributed by atoms with van der Waals surface area (Å²) in [6, 6.07) is 7.57. The van der Waals surface area contributed by atoms with Crippen LogP contribution < -0.4 is 21.2 Å². The van der Waals surface area contributed by atoms with E-state index in [-0.39, 0.29) is 56.9 Å². The Labute approximate surface area is 229 Å². The number of nitrogens with zero attached hydrogens (tertiary/aromatic N) is 2. The molecule has 194 valence electrons. The molecular weight excluding hydrogens is 584 g/mol. The van der Waals surface area contributed by atoms with E-state index < -0.39 is 29.1 Å². The summed E-state index contributed by atoms with van der Waals surface area (Å²) in [5.74, 6) is -1.77. The van der Waals surface area contributed by atoms with Crippen LogP contribution in [0.3, 0.4) is 0 Å². The maximum atomic E-state index is 12.9. The lowest BCUT2D eigenvalue weighted by molar-refractivity contribution is -0.525. The molecule has 0 saturated carbocycles. The molecule has 1 unspecified atom stereocenters. The predicted molar refractivity (Wildman–Crippen MR) is 137 cm³/mol. The molecule has 4 N–H and O–H groups in total. The van der Waals surface area contributed by atoms with Gasteiger partial charge in [0.15, 0.2) is 10.8 Å². The third-order valence-corrected chi connectivity index (χ3v) is 6.54. The van der Waals surface area contributed by atoms with Gasteiger partial charge in [-0.2, -0.15) is 0 Å². The number of nitrogens with two attached hydrogens (primary N) is 1. The Balaban J connectivity index is 2.14. The van der Waals surface area contributed by atoms with E-state index in [9.17, 15) is 19.7 Å². The van der Waals surface area contributed by atoms with Crippen LogP contribution in [0.5, 0.6) is 5.75 Å². The summed E-state index contributed by atoms with van der Waals surface area (Å²) < 4.78 is 10.4. The molecule has 0 spiro atoms. The van der Waals surface area contributed by atoms with Crippen molar-refractivity contribution in [3.63, 3.8) is 0 Å². The fraction of sp³-hybridized carbons (Fsp3) is 0.250. The highest BCUT2D eigenvalue weighted by Gasteiger charge is 2.28. The van der Waals surface area contributed by atoms with Crippen molar-refractivity contribution in [2.75, 3.05) is 6.54 Å². The lowest BCUT2D eigenvalue weighted by atomic mass is 10.1. The number of carbonyl (C=O) groups is 2. The van der Waals surface area contributed by atoms with Crippen molar-refractivity contribution < 1.29 is 24.1 Å². The molecule has 0 aliphatic carbocycles. The summed E-state index contributed by atoms with van der Waals surface area (Å²) in [6.07, 6.45) is -0.787. The zero-order valence-electron chi connectivity index (χ0n) is 18.1. The topological polar surface area (TPSA) is 158 Å². The minimum atomic E-state index is -1.27. The first-order chi connectivity index (χ1) is 17.0. The van der Waals surface area contributed by atoms with E-state index >= 15 is 0 Å². The van der Waals surface area contributed by atoms with Crippen LogP contribution in [0.15, 0.2) is 35.3 Å². The summed E-state index contributed by atoms with van der Waals surface area (Å²) >= 11 is 30.2. The fourth-order valence-corrected chi connectivity index (χ4v) is 3.82. The Morgan fingerprint density at radius 2 is 1.61 bits per heavy atom. The Morgan fingerprint density at radius 3 is 2.19 bits per heavy atom. The molecule has 1 amide bonds. The molecule has 0 aromatic heterocycles. The highest BCUT2D eigenvalue weighted by molar-refractivity contribution is 6.55. The van der Waals surface area contributed by atoms with Crippen LogP contribution >= 0.6 is 58.0 Å². The number of carbonyl (C=O) groups excluding carboxylic acids is 2. The number of hydrogen-bond acceptors (Lipinski definition) is 7. The molecule has 2 aromatic rings. The molecule has 0 radical (unpaired) electrons. The molecule has 0 aliphatic rings. The highest BCUT2D eigenvalue weighted by Crippen LogP contribution is 2.48. The molecule has 36 heavy (non-hydrogen) atoms. The van der Waals surface area contributed by atoms with Crippen molar-refractivity contribution in [3.05, 3.63) is 71.1 Å². The Morgan fingerprint density at radius 1 is 1.03 bits per heavy atom. The van der Waals surface area contributed by atoms with Gasteiger partial charge in [-0.25, -0.2) is 24.7 Å². The van der Waals surface area contributed by atoms with Gasteiger partial charge in [0.25, 0.3) is 5.96 Å². The van der Waals surface area contributed by atoms with Gasteiger partial charge in [0, 0.05) is 6.54 Å². The SMILES string of the molecule is NC(=NCCCC(NC(=O)OCc1ccccc1)C(=O)Oc1c(Cl)c(Cl)c(Cl)c(Cl)c1Cl)N[N+](=O)[O-]. The number of rotatable bonds is 10. The summed E-state index contributed by atoms with van der Waals surface area (Å²) in [6.45, 7) is -0.0702. The normalized spacial score (nSPS) is 12.0. The summed E-state index contributed by atoms with van der Waals surface area (Å²) in [5, 5.41) is 10.9. The molecule has 2 aromatic carbocycles.